The Morgan fingerprint density at radius 3 is 2.57 bits per heavy atom. The lowest BCUT2D eigenvalue weighted by Gasteiger charge is -2.35. The van der Waals surface area contributed by atoms with Crippen LogP contribution < -0.4 is 4.90 Å². The van der Waals surface area contributed by atoms with Gasteiger partial charge < -0.3 is 14.8 Å². The molecule has 0 radical (unpaired) electrons. The molecule has 4 aromatic rings. The molecule has 1 saturated heterocycles. The molecule has 0 unspecified atom stereocenters. The van der Waals surface area contributed by atoms with Crippen LogP contribution in [0.25, 0.3) is 21.8 Å². The highest BCUT2D eigenvalue weighted by Crippen LogP contribution is 2.25. The Bertz CT molecular complexity index is 1270. The van der Waals surface area contributed by atoms with Crippen molar-refractivity contribution in [3.63, 3.8) is 0 Å². The number of aryl methyl sites for hydroxylation is 1. The average Bonchev–Trinajstić information content (AvgIpc) is 3.23. The number of anilines is 1. The Balaban J connectivity index is 1.33. The van der Waals surface area contributed by atoms with E-state index < -0.39 is 11.7 Å². The fourth-order valence-electron chi connectivity index (χ4n) is 4.07. The van der Waals surface area contributed by atoms with E-state index in [0.717, 1.165) is 27.7 Å². The summed E-state index contributed by atoms with van der Waals surface area (Å²) in [6.45, 7) is 4.16. The number of hydrogen-bond acceptors (Lipinski definition) is 5. The van der Waals surface area contributed by atoms with E-state index in [1.165, 1.54) is 0 Å². The third-order valence-corrected chi connectivity index (χ3v) is 5.73. The predicted octanol–water partition coefficient (Wildman–Crippen LogP) is 2.95. The number of piperazine rings is 1. The summed E-state index contributed by atoms with van der Waals surface area (Å²) in [7, 11) is 0. The molecule has 150 valence electrons. The van der Waals surface area contributed by atoms with Gasteiger partial charge in [-0.1, -0.05) is 24.3 Å². The van der Waals surface area contributed by atoms with Gasteiger partial charge >= 0.3 is 0 Å². The van der Waals surface area contributed by atoms with Gasteiger partial charge in [0.1, 0.15) is 5.82 Å². The molecule has 1 N–H and O–H groups in total. The molecule has 7 heteroatoms. The standard InChI is InChI=1S/C23H21N5O2/c1-15-6-8-24-20-18(14-26-19(15)20)21(29)23(30)28-12-10-27(11-13-28)22-17-5-3-2-4-16(17)7-9-25-22/h2-9,14,26H,10-13H2,1H3. The fraction of sp³-hybridized carbons (Fsp3) is 0.217. The van der Waals surface area contributed by atoms with Crippen molar-refractivity contribution in [3.05, 3.63) is 66.1 Å². The van der Waals surface area contributed by atoms with Crippen LogP contribution in [0, 0.1) is 6.92 Å². The highest BCUT2D eigenvalue weighted by molar-refractivity contribution is 6.44. The molecule has 0 saturated carbocycles. The Labute approximate surface area is 173 Å². The maximum atomic E-state index is 12.9. The second-order valence-electron chi connectivity index (χ2n) is 7.52. The molecule has 1 aromatic carbocycles. The summed E-state index contributed by atoms with van der Waals surface area (Å²) in [4.78, 5) is 41.5. The van der Waals surface area contributed by atoms with Crippen molar-refractivity contribution in [2.45, 2.75) is 6.92 Å². The molecule has 7 nitrogen and oxygen atoms in total. The average molecular weight is 399 g/mol. The highest BCUT2D eigenvalue weighted by Gasteiger charge is 2.29. The second kappa shape index (κ2) is 7.26. The molecule has 3 aromatic heterocycles. The van der Waals surface area contributed by atoms with Crippen LogP contribution >= 0.6 is 0 Å². The topological polar surface area (TPSA) is 82.2 Å². The summed E-state index contributed by atoms with van der Waals surface area (Å²) in [5.41, 5.74) is 2.66. The number of fused-ring (bicyclic) bond motifs is 2. The van der Waals surface area contributed by atoms with Gasteiger partial charge in [-0.2, -0.15) is 0 Å². The maximum Gasteiger partial charge on any atom is 0.295 e. The molecule has 0 atom stereocenters. The number of amides is 1. The molecule has 1 aliphatic heterocycles. The number of rotatable bonds is 3. The van der Waals surface area contributed by atoms with Gasteiger partial charge in [-0.3, -0.25) is 14.6 Å². The van der Waals surface area contributed by atoms with Crippen molar-refractivity contribution >= 4 is 39.3 Å². The van der Waals surface area contributed by atoms with Crippen LogP contribution in [0.15, 0.2) is 55.0 Å². The number of hydrogen-bond donors (Lipinski definition) is 1. The molecule has 1 fully saturated rings. The van der Waals surface area contributed by atoms with Crippen LogP contribution in [0.5, 0.6) is 0 Å². The number of pyridine rings is 2. The van der Waals surface area contributed by atoms with E-state index in [0.29, 0.717) is 37.3 Å². The summed E-state index contributed by atoms with van der Waals surface area (Å²) < 4.78 is 0. The molecule has 1 amide bonds. The van der Waals surface area contributed by atoms with Crippen LogP contribution in [-0.4, -0.2) is 57.7 Å². The van der Waals surface area contributed by atoms with Crippen LogP contribution in [0.3, 0.4) is 0 Å². The SMILES string of the molecule is Cc1ccnc2c(C(=O)C(=O)N3CCN(c4nccc5ccccc45)CC3)c[nH]c12. The number of carbonyl (C=O) groups excluding carboxylic acids is 2. The van der Waals surface area contributed by atoms with E-state index in [2.05, 4.69) is 32.0 Å². The zero-order chi connectivity index (χ0) is 20.7. The molecule has 4 heterocycles. The first kappa shape index (κ1) is 18.3. The first-order valence-corrected chi connectivity index (χ1v) is 9.98. The number of nitrogens with zero attached hydrogens (tertiary/aromatic N) is 4. The first-order valence-electron chi connectivity index (χ1n) is 9.98. The van der Waals surface area contributed by atoms with E-state index in [9.17, 15) is 9.59 Å². The Kier molecular flexibility index (Phi) is 4.43. The van der Waals surface area contributed by atoms with Crippen molar-refractivity contribution < 1.29 is 9.59 Å². The lowest BCUT2D eigenvalue weighted by atomic mass is 10.1. The van der Waals surface area contributed by atoms with Gasteiger partial charge in [-0.15, -0.1) is 0 Å². The van der Waals surface area contributed by atoms with Gasteiger partial charge in [0.05, 0.1) is 16.6 Å². The Morgan fingerprint density at radius 2 is 1.73 bits per heavy atom. The molecule has 0 spiro atoms. The minimum absolute atomic E-state index is 0.330. The van der Waals surface area contributed by atoms with E-state index in [1.54, 1.807) is 17.3 Å². The number of aromatic nitrogens is 3. The second-order valence-corrected chi connectivity index (χ2v) is 7.52. The monoisotopic (exact) mass is 399 g/mol. The van der Waals surface area contributed by atoms with E-state index in [-0.39, 0.29) is 0 Å². The van der Waals surface area contributed by atoms with Gasteiger partial charge in [0.25, 0.3) is 11.7 Å². The van der Waals surface area contributed by atoms with Gasteiger partial charge in [0, 0.05) is 50.2 Å². The minimum atomic E-state index is -0.518. The van der Waals surface area contributed by atoms with Gasteiger partial charge in [-0.25, -0.2) is 4.98 Å². The highest BCUT2D eigenvalue weighted by atomic mass is 16.2. The minimum Gasteiger partial charge on any atom is -0.359 e. The molecular weight excluding hydrogens is 378 g/mol. The number of Topliss-reactive ketones (excluding diaryl/α,β-unsaturated/α-hetero) is 1. The lowest BCUT2D eigenvalue weighted by molar-refractivity contribution is -0.126. The summed E-state index contributed by atoms with van der Waals surface area (Å²) in [5.74, 6) is -0.0800. The third-order valence-electron chi connectivity index (χ3n) is 5.73. The lowest BCUT2D eigenvalue weighted by Crippen LogP contribution is -2.50. The molecule has 5 rings (SSSR count). The molecule has 0 bridgehead atoms. The first-order chi connectivity index (χ1) is 14.6. The molecular formula is C23H21N5O2. The van der Waals surface area contributed by atoms with Crippen molar-refractivity contribution in [1.29, 1.82) is 0 Å². The number of carbonyl (C=O) groups is 2. The predicted molar refractivity (Wildman–Crippen MR) is 116 cm³/mol. The van der Waals surface area contributed by atoms with Crippen molar-refractivity contribution in [3.8, 4) is 0 Å². The van der Waals surface area contributed by atoms with Crippen molar-refractivity contribution in [1.82, 2.24) is 19.9 Å². The van der Waals surface area contributed by atoms with Crippen LogP contribution in [-0.2, 0) is 4.79 Å². The number of aromatic amines is 1. The summed E-state index contributed by atoms with van der Waals surface area (Å²) in [5, 5.41) is 2.23. The van der Waals surface area contributed by atoms with Crippen molar-refractivity contribution in [2.75, 3.05) is 31.1 Å². The fourth-order valence-corrected chi connectivity index (χ4v) is 4.07. The Morgan fingerprint density at radius 1 is 0.967 bits per heavy atom. The van der Waals surface area contributed by atoms with E-state index in [4.69, 9.17) is 0 Å². The maximum absolute atomic E-state index is 12.9. The van der Waals surface area contributed by atoms with Crippen molar-refractivity contribution in [2.24, 2.45) is 0 Å². The third kappa shape index (κ3) is 2.99. The summed E-state index contributed by atoms with van der Waals surface area (Å²) >= 11 is 0. The van der Waals surface area contributed by atoms with Gasteiger partial charge in [0.2, 0.25) is 0 Å². The van der Waals surface area contributed by atoms with Crippen LogP contribution in [0.2, 0.25) is 0 Å². The Hall–Kier alpha value is -3.74. The smallest absolute Gasteiger partial charge is 0.295 e. The number of benzene rings is 1. The quantitative estimate of drug-likeness (QED) is 0.423. The largest absolute Gasteiger partial charge is 0.359 e. The molecule has 0 aliphatic carbocycles. The zero-order valence-corrected chi connectivity index (χ0v) is 16.6. The summed E-state index contributed by atoms with van der Waals surface area (Å²) in [6, 6.07) is 12.0. The number of nitrogens with one attached hydrogen (secondary N) is 1. The van der Waals surface area contributed by atoms with Crippen LogP contribution in [0.4, 0.5) is 5.82 Å². The normalized spacial score (nSPS) is 14.4. The van der Waals surface area contributed by atoms with E-state index in [1.807, 2.05) is 37.4 Å². The van der Waals surface area contributed by atoms with Gasteiger partial charge in [0.15, 0.2) is 0 Å². The molecule has 30 heavy (non-hydrogen) atoms. The van der Waals surface area contributed by atoms with Crippen LogP contribution in [0.1, 0.15) is 15.9 Å². The van der Waals surface area contributed by atoms with Gasteiger partial charge in [-0.05, 0) is 30.0 Å². The number of H-pyrrole nitrogens is 1. The zero-order valence-electron chi connectivity index (χ0n) is 16.6. The number of ketones is 1. The summed E-state index contributed by atoms with van der Waals surface area (Å²) in [6.07, 6.45) is 5.05. The van der Waals surface area contributed by atoms with E-state index >= 15 is 0 Å². The molecule has 1 aliphatic rings.